The minimum Gasteiger partial charge on any atom is -0.345 e. The van der Waals surface area contributed by atoms with Gasteiger partial charge in [0.1, 0.15) is 6.04 Å². The predicted octanol–water partition coefficient (Wildman–Crippen LogP) is 2.41. The van der Waals surface area contributed by atoms with Crippen LogP contribution in [0.4, 0.5) is 0 Å². The van der Waals surface area contributed by atoms with Crippen LogP contribution in [0.3, 0.4) is 0 Å². The number of amides is 4. The molecule has 0 radical (unpaired) electrons. The van der Waals surface area contributed by atoms with Crippen LogP contribution in [0.5, 0.6) is 0 Å². The molecule has 2 N–H and O–H groups in total. The standard InChI is InChI=1S/C20H29N3O5.C2H6/c24-15-11-12-16(25)23(15)22-20(28)18(26)17(13-7-3-1-4-8-13)21-19(27)14-9-5-2-6-10-14;1-2/h13-14,17H,1-12H2,(H,21,27)(H,22,28);1-2H3. The fourth-order valence-electron chi connectivity index (χ4n) is 4.50. The topological polar surface area (TPSA) is 113 Å². The molecular weight excluding hydrogens is 386 g/mol. The van der Waals surface area contributed by atoms with Gasteiger partial charge < -0.3 is 5.32 Å². The van der Waals surface area contributed by atoms with Crippen LogP contribution in [0.2, 0.25) is 0 Å². The second kappa shape index (κ2) is 11.8. The summed E-state index contributed by atoms with van der Waals surface area (Å²) in [5.41, 5.74) is 2.15. The van der Waals surface area contributed by atoms with Crippen LogP contribution in [-0.2, 0) is 24.0 Å². The number of rotatable bonds is 6. The number of ketones is 1. The van der Waals surface area contributed by atoms with E-state index in [-0.39, 0.29) is 30.6 Å². The monoisotopic (exact) mass is 421 g/mol. The largest absolute Gasteiger partial charge is 0.345 e. The number of hydrogen-bond donors (Lipinski definition) is 2. The lowest BCUT2D eigenvalue weighted by Gasteiger charge is -2.31. The summed E-state index contributed by atoms with van der Waals surface area (Å²) in [7, 11) is 0. The molecule has 2 aliphatic carbocycles. The summed E-state index contributed by atoms with van der Waals surface area (Å²) in [6, 6.07) is -0.900. The second-order valence-electron chi connectivity index (χ2n) is 8.15. The third-order valence-corrected chi connectivity index (χ3v) is 6.17. The summed E-state index contributed by atoms with van der Waals surface area (Å²) in [5.74, 6) is -3.20. The molecule has 1 aliphatic heterocycles. The number of nitrogens with zero attached hydrogens (tertiary/aromatic N) is 1. The van der Waals surface area contributed by atoms with E-state index in [1.165, 1.54) is 0 Å². The molecule has 8 heteroatoms. The van der Waals surface area contributed by atoms with E-state index in [0.717, 1.165) is 64.2 Å². The van der Waals surface area contributed by atoms with Crippen molar-refractivity contribution in [3.05, 3.63) is 0 Å². The Balaban J connectivity index is 0.00000155. The van der Waals surface area contributed by atoms with Crippen molar-refractivity contribution in [2.45, 2.75) is 96.9 Å². The highest BCUT2D eigenvalue weighted by Gasteiger charge is 2.38. The van der Waals surface area contributed by atoms with Crippen molar-refractivity contribution in [1.29, 1.82) is 0 Å². The molecule has 0 aromatic carbocycles. The number of imide groups is 1. The third-order valence-electron chi connectivity index (χ3n) is 6.17. The molecule has 3 aliphatic rings. The van der Waals surface area contributed by atoms with Crippen LogP contribution in [0.1, 0.15) is 90.9 Å². The number of nitrogens with one attached hydrogen (secondary N) is 2. The van der Waals surface area contributed by atoms with Gasteiger partial charge in [-0.1, -0.05) is 52.4 Å². The van der Waals surface area contributed by atoms with E-state index < -0.39 is 29.5 Å². The molecule has 1 heterocycles. The first-order chi connectivity index (χ1) is 14.5. The third kappa shape index (κ3) is 6.12. The van der Waals surface area contributed by atoms with E-state index in [2.05, 4.69) is 10.7 Å². The van der Waals surface area contributed by atoms with Crippen LogP contribution in [0, 0.1) is 11.8 Å². The van der Waals surface area contributed by atoms with Gasteiger partial charge in [0.05, 0.1) is 0 Å². The normalized spacial score (nSPS) is 21.5. The summed E-state index contributed by atoms with van der Waals surface area (Å²) >= 11 is 0. The zero-order valence-electron chi connectivity index (χ0n) is 18.2. The molecule has 1 atom stereocenters. The number of carbonyl (C=O) groups excluding carboxylic acids is 5. The molecule has 4 amide bonds. The number of hydrogen-bond acceptors (Lipinski definition) is 5. The van der Waals surface area contributed by atoms with E-state index in [0.29, 0.717) is 5.01 Å². The van der Waals surface area contributed by atoms with Crippen LogP contribution in [0.15, 0.2) is 0 Å². The van der Waals surface area contributed by atoms with Crippen molar-refractivity contribution >= 4 is 29.4 Å². The van der Waals surface area contributed by atoms with E-state index in [1.807, 2.05) is 13.8 Å². The van der Waals surface area contributed by atoms with Crippen LogP contribution < -0.4 is 10.7 Å². The lowest BCUT2D eigenvalue weighted by atomic mass is 9.81. The molecule has 8 nitrogen and oxygen atoms in total. The van der Waals surface area contributed by atoms with E-state index in [1.54, 1.807) is 0 Å². The molecule has 0 aromatic heterocycles. The van der Waals surface area contributed by atoms with E-state index in [9.17, 15) is 24.0 Å². The summed E-state index contributed by atoms with van der Waals surface area (Å²) in [6.07, 6.45) is 9.32. The van der Waals surface area contributed by atoms with Crippen molar-refractivity contribution in [1.82, 2.24) is 15.8 Å². The van der Waals surface area contributed by atoms with Crippen molar-refractivity contribution < 1.29 is 24.0 Å². The van der Waals surface area contributed by atoms with Gasteiger partial charge in [0.25, 0.3) is 0 Å². The molecular formula is C22H35N3O5. The maximum Gasteiger partial charge on any atom is 0.308 e. The Morgan fingerprint density at radius 3 is 1.87 bits per heavy atom. The Bertz CT molecular complexity index is 635. The van der Waals surface area contributed by atoms with Gasteiger partial charge in [-0.2, -0.15) is 5.01 Å². The Hall–Kier alpha value is -2.25. The first kappa shape index (κ1) is 24.0. The average Bonchev–Trinajstić information content (AvgIpc) is 3.11. The first-order valence-electron chi connectivity index (χ1n) is 11.5. The zero-order chi connectivity index (χ0) is 22.1. The second-order valence-corrected chi connectivity index (χ2v) is 8.15. The fourth-order valence-corrected chi connectivity index (χ4v) is 4.50. The van der Waals surface area contributed by atoms with Crippen molar-refractivity contribution in [2.75, 3.05) is 0 Å². The van der Waals surface area contributed by atoms with Gasteiger partial charge in [0.2, 0.25) is 23.5 Å². The summed E-state index contributed by atoms with van der Waals surface area (Å²) in [6.45, 7) is 4.00. The average molecular weight is 422 g/mol. The van der Waals surface area contributed by atoms with Crippen LogP contribution >= 0.6 is 0 Å². The number of Topliss-reactive ketones (excluding diaryl/α,β-unsaturated/α-hetero) is 1. The predicted molar refractivity (Wildman–Crippen MR) is 111 cm³/mol. The Morgan fingerprint density at radius 1 is 0.833 bits per heavy atom. The molecule has 3 fully saturated rings. The van der Waals surface area contributed by atoms with Gasteiger partial charge in [-0.05, 0) is 31.6 Å². The highest BCUT2D eigenvalue weighted by Crippen LogP contribution is 2.29. The highest BCUT2D eigenvalue weighted by molar-refractivity contribution is 6.39. The molecule has 30 heavy (non-hydrogen) atoms. The molecule has 0 spiro atoms. The van der Waals surface area contributed by atoms with Crippen LogP contribution in [-0.4, -0.2) is 40.5 Å². The smallest absolute Gasteiger partial charge is 0.308 e. The van der Waals surface area contributed by atoms with E-state index >= 15 is 0 Å². The van der Waals surface area contributed by atoms with Crippen molar-refractivity contribution in [3.8, 4) is 0 Å². The van der Waals surface area contributed by atoms with Gasteiger partial charge in [-0.15, -0.1) is 0 Å². The minimum atomic E-state index is -1.01. The molecule has 168 valence electrons. The lowest BCUT2D eigenvalue weighted by molar-refractivity contribution is -0.152. The van der Waals surface area contributed by atoms with Crippen LogP contribution in [0.25, 0.3) is 0 Å². The van der Waals surface area contributed by atoms with Gasteiger partial charge in [-0.3, -0.25) is 29.4 Å². The van der Waals surface area contributed by atoms with Gasteiger partial charge >= 0.3 is 5.91 Å². The molecule has 0 bridgehead atoms. The SMILES string of the molecule is CC.O=C(NN1C(=O)CCC1=O)C(=O)C(NC(=O)C1CCCCC1)C1CCCCC1. The first-order valence-corrected chi connectivity index (χ1v) is 11.5. The molecule has 3 rings (SSSR count). The van der Waals surface area contributed by atoms with Gasteiger partial charge in [-0.25, -0.2) is 0 Å². The Labute approximate surface area is 178 Å². The lowest BCUT2D eigenvalue weighted by Crippen LogP contribution is -2.56. The summed E-state index contributed by atoms with van der Waals surface area (Å²) in [4.78, 5) is 61.5. The quantitative estimate of drug-likeness (QED) is 0.505. The van der Waals surface area contributed by atoms with Gasteiger partial charge in [0, 0.05) is 18.8 Å². The van der Waals surface area contributed by atoms with Crippen molar-refractivity contribution in [3.63, 3.8) is 0 Å². The molecule has 2 saturated carbocycles. The molecule has 0 aromatic rings. The number of hydrazine groups is 1. The molecule has 1 saturated heterocycles. The fraction of sp³-hybridized carbons (Fsp3) is 0.773. The summed E-state index contributed by atoms with van der Waals surface area (Å²) in [5, 5.41) is 3.47. The maximum atomic E-state index is 12.9. The van der Waals surface area contributed by atoms with E-state index in [4.69, 9.17) is 0 Å². The number of carbonyl (C=O) groups is 5. The van der Waals surface area contributed by atoms with Crippen molar-refractivity contribution in [2.24, 2.45) is 11.8 Å². The maximum absolute atomic E-state index is 12.9. The Morgan fingerprint density at radius 2 is 1.33 bits per heavy atom. The molecule has 1 unspecified atom stereocenters. The van der Waals surface area contributed by atoms with Gasteiger partial charge in [0.15, 0.2) is 0 Å². The summed E-state index contributed by atoms with van der Waals surface area (Å²) < 4.78 is 0. The highest BCUT2D eigenvalue weighted by atomic mass is 16.2. The minimum absolute atomic E-state index is 0.0256. The Kier molecular flexibility index (Phi) is 9.46. The zero-order valence-corrected chi connectivity index (χ0v) is 18.2.